The summed E-state index contributed by atoms with van der Waals surface area (Å²) in [6, 6.07) is 15.9. The summed E-state index contributed by atoms with van der Waals surface area (Å²) in [7, 11) is 0. The molecule has 1 aliphatic carbocycles. The molecule has 2 heteroatoms. The van der Waals surface area contributed by atoms with E-state index in [4.69, 9.17) is 4.74 Å². The number of carbonyl (C=O) groups is 1. The summed E-state index contributed by atoms with van der Waals surface area (Å²) in [6.07, 6.45) is 14.7. The minimum atomic E-state index is -0.287. The van der Waals surface area contributed by atoms with Crippen LogP contribution in [-0.2, 0) is 6.42 Å². The van der Waals surface area contributed by atoms with Gasteiger partial charge in [-0.05, 0) is 79.3 Å². The van der Waals surface area contributed by atoms with E-state index < -0.39 is 0 Å². The zero-order valence-electron chi connectivity index (χ0n) is 18.9. The van der Waals surface area contributed by atoms with Gasteiger partial charge in [-0.2, -0.15) is 0 Å². The second kappa shape index (κ2) is 11.9. The molecule has 2 aromatic rings. The predicted octanol–water partition coefficient (Wildman–Crippen LogP) is 8.10. The topological polar surface area (TPSA) is 26.3 Å². The Balaban J connectivity index is 1.43. The van der Waals surface area contributed by atoms with E-state index in [0.29, 0.717) is 17.2 Å². The molecule has 0 saturated heterocycles. The van der Waals surface area contributed by atoms with E-state index in [9.17, 15) is 4.79 Å². The maximum Gasteiger partial charge on any atom is 0.343 e. The lowest BCUT2D eigenvalue weighted by molar-refractivity contribution is 0.0734. The molecule has 30 heavy (non-hydrogen) atoms. The van der Waals surface area contributed by atoms with Crippen LogP contribution in [0.25, 0.3) is 0 Å². The Bertz CT molecular complexity index is 752. The van der Waals surface area contributed by atoms with Crippen molar-refractivity contribution < 1.29 is 9.53 Å². The number of esters is 1. The molecule has 0 aromatic heterocycles. The third-order valence-electron chi connectivity index (χ3n) is 6.72. The van der Waals surface area contributed by atoms with Gasteiger partial charge in [-0.1, -0.05) is 76.6 Å². The minimum absolute atomic E-state index is 0.287. The van der Waals surface area contributed by atoms with Crippen molar-refractivity contribution in [1.82, 2.24) is 0 Å². The third-order valence-corrected chi connectivity index (χ3v) is 6.72. The molecule has 1 fully saturated rings. The molecule has 162 valence electrons. The van der Waals surface area contributed by atoms with Gasteiger partial charge >= 0.3 is 5.97 Å². The van der Waals surface area contributed by atoms with Gasteiger partial charge in [0.2, 0.25) is 0 Å². The van der Waals surface area contributed by atoms with Crippen LogP contribution in [0.3, 0.4) is 0 Å². The molecule has 0 atom stereocenters. The normalized spacial score (nSPS) is 18.9. The standard InChI is InChI=1S/C28H38O2/c1-3-5-6-7-8-9-23-12-14-24(15-13-23)25-18-20-27(21-19-25)30-28(29)26-16-10-22(4-2)11-17-26/h10-11,16-21,23-24H,3-9,12-15H2,1-2H3. The van der Waals surface area contributed by atoms with Crippen LogP contribution >= 0.6 is 0 Å². The Kier molecular flexibility index (Phi) is 8.99. The fraction of sp³-hybridized carbons (Fsp3) is 0.536. The number of carbonyl (C=O) groups excluding carboxylic acids is 1. The molecule has 0 amide bonds. The molecule has 0 aliphatic heterocycles. The fourth-order valence-corrected chi connectivity index (χ4v) is 4.67. The van der Waals surface area contributed by atoms with Crippen molar-refractivity contribution in [2.45, 2.75) is 90.4 Å². The molecule has 1 saturated carbocycles. The predicted molar refractivity (Wildman–Crippen MR) is 125 cm³/mol. The highest BCUT2D eigenvalue weighted by atomic mass is 16.5. The van der Waals surface area contributed by atoms with Crippen molar-refractivity contribution in [3.8, 4) is 5.75 Å². The second-order valence-corrected chi connectivity index (χ2v) is 8.93. The molecule has 0 unspecified atom stereocenters. The first kappa shape index (κ1) is 22.6. The van der Waals surface area contributed by atoms with E-state index in [1.54, 1.807) is 0 Å². The molecular weight excluding hydrogens is 368 g/mol. The first-order valence-corrected chi connectivity index (χ1v) is 12.1. The molecule has 0 spiro atoms. The zero-order valence-corrected chi connectivity index (χ0v) is 18.9. The van der Waals surface area contributed by atoms with Gasteiger partial charge in [-0.25, -0.2) is 4.79 Å². The van der Waals surface area contributed by atoms with Gasteiger partial charge in [-0.3, -0.25) is 0 Å². The quantitative estimate of drug-likeness (QED) is 0.226. The van der Waals surface area contributed by atoms with Crippen molar-refractivity contribution in [3.05, 3.63) is 65.2 Å². The van der Waals surface area contributed by atoms with E-state index in [1.165, 1.54) is 75.3 Å². The summed E-state index contributed by atoms with van der Waals surface area (Å²) in [4.78, 5) is 12.4. The number of aryl methyl sites for hydroxylation is 1. The van der Waals surface area contributed by atoms with Crippen molar-refractivity contribution >= 4 is 5.97 Å². The Labute approximate surface area is 183 Å². The number of benzene rings is 2. The summed E-state index contributed by atoms with van der Waals surface area (Å²) in [5.74, 6) is 1.93. The lowest BCUT2D eigenvalue weighted by Crippen LogP contribution is -2.13. The zero-order chi connectivity index (χ0) is 21.2. The Morgan fingerprint density at radius 2 is 1.50 bits per heavy atom. The summed E-state index contributed by atoms with van der Waals surface area (Å²) in [6.45, 7) is 4.39. The largest absolute Gasteiger partial charge is 0.423 e. The summed E-state index contributed by atoms with van der Waals surface area (Å²) < 4.78 is 5.57. The highest BCUT2D eigenvalue weighted by molar-refractivity contribution is 5.91. The molecule has 1 aliphatic rings. The van der Waals surface area contributed by atoms with Gasteiger partial charge < -0.3 is 4.74 Å². The smallest absolute Gasteiger partial charge is 0.343 e. The Hall–Kier alpha value is -2.09. The first-order chi connectivity index (χ1) is 14.7. The van der Waals surface area contributed by atoms with Crippen LogP contribution in [0.5, 0.6) is 5.75 Å². The number of ether oxygens (including phenoxy) is 1. The maximum absolute atomic E-state index is 12.4. The van der Waals surface area contributed by atoms with Crippen molar-refractivity contribution in [2.24, 2.45) is 5.92 Å². The van der Waals surface area contributed by atoms with Gasteiger partial charge in [0.25, 0.3) is 0 Å². The van der Waals surface area contributed by atoms with Crippen LogP contribution < -0.4 is 4.74 Å². The highest BCUT2D eigenvalue weighted by Crippen LogP contribution is 2.38. The van der Waals surface area contributed by atoms with Crippen molar-refractivity contribution in [1.29, 1.82) is 0 Å². The van der Waals surface area contributed by atoms with Crippen molar-refractivity contribution in [3.63, 3.8) is 0 Å². The Morgan fingerprint density at radius 3 is 2.13 bits per heavy atom. The number of hydrogen-bond acceptors (Lipinski definition) is 2. The van der Waals surface area contributed by atoms with Crippen LogP contribution in [0.15, 0.2) is 48.5 Å². The Morgan fingerprint density at radius 1 is 0.833 bits per heavy atom. The second-order valence-electron chi connectivity index (χ2n) is 8.93. The lowest BCUT2D eigenvalue weighted by atomic mass is 9.77. The monoisotopic (exact) mass is 406 g/mol. The van der Waals surface area contributed by atoms with Crippen molar-refractivity contribution in [2.75, 3.05) is 0 Å². The average molecular weight is 407 g/mol. The van der Waals surface area contributed by atoms with Crippen LogP contribution in [-0.4, -0.2) is 5.97 Å². The van der Waals surface area contributed by atoms with E-state index in [1.807, 2.05) is 36.4 Å². The first-order valence-electron chi connectivity index (χ1n) is 12.1. The van der Waals surface area contributed by atoms with E-state index in [2.05, 4.69) is 26.0 Å². The van der Waals surface area contributed by atoms with E-state index in [0.717, 1.165) is 12.3 Å². The van der Waals surface area contributed by atoms with Gasteiger partial charge in [0, 0.05) is 0 Å². The SMILES string of the molecule is CCCCCCCC1CCC(c2ccc(OC(=O)c3ccc(CC)cc3)cc2)CC1. The molecule has 0 N–H and O–H groups in total. The van der Waals surface area contributed by atoms with Gasteiger partial charge in [0.15, 0.2) is 0 Å². The molecule has 0 bridgehead atoms. The van der Waals surface area contributed by atoms with E-state index >= 15 is 0 Å². The molecular formula is C28H38O2. The third kappa shape index (κ3) is 6.72. The maximum atomic E-state index is 12.4. The van der Waals surface area contributed by atoms with Crippen LogP contribution in [0.1, 0.15) is 105 Å². The average Bonchev–Trinajstić information content (AvgIpc) is 2.80. The summed E-state index contributed by atoms with van der Waals surface area (Å²) in [5, 5.41) is 0. The minimum Gasteiger partial charge on any atom is -0.423 e. The van der Waals surface area contributed by atoms with Crippen LogP contribution in [0, 0.1) is 5.92 Å². The molecule has 3 rings (SSSR count). The lowest BCUT2D eigenvalue weighted by Gasteiger charge is -2.29. The number of rotatable bonds is 10. The number of hydrogen-bond donors (Lipinski definition) is 0. The molecule has 0 heterocycles. The van der Waals surface area contributed by atoms with Crippen LogP contribution in [0.4, 0.5) is 0 Å². The molecule has 2 nitrogen and oxygen atoms in total. The molecule has 2 aromatic carbocycles. The van der Waals surface area contributed by atoms with Gasteiger partial charge in [0.1, 0.15) is 5.75 Å². The van der Waals surface area contributed by atoms with Gasteiger partial charge in [0.05, 0.1) is 5.56 Å². The molecule has 0 radical (unpaired) electrons. The summed E-state index contributed by atoms with van der Waals surface area (Å²) >= 11 is 0. The van der Waals surface area contributed by atoms with Gasteiger partial charge in [-0.15, -0.1) is 0 Å². The highest BCUT2D eigenvalue weighted by Gasteiger charge is 2.22. The van der Waals surface area contributed by atoms with E-state index in [-0.39, 0.29) is 5.97 Å². The van der Waals surface area contributed by atoms with Crippen LogP contribution in [0.2, 0.25) is 0 Å². The summed E-state index contributed by atoms with van der Waals surface area (Å²) in [5.41, 5.74) is 3.22. The number of unbranched alkanes of at least 4 members (excludes halogenated alkanes) is 4. The fourth-order valence-electron chi connectivity index (χ4n) is 4.67.